The average molecular weight is 267 g/mol. The number of carbonyl (C=O) groups is 1. The molecule has 1 amide bonds. The van der Waals surface area contributed by atoms with Crippen LogP contribution in [0.4, 0.5) is 0 Å². The topological polar surface area (TPSA) is 33.5 Å². The Balaban J connectivity index is 1.97. The zero-order valence-corrected chi connectivity index (χ0v) is 11.6. The van der Waals surface area contributed by atoms with Gasteiger partial charge in [0.15, 0.2) is 6.54 Å². The van der Waals surface area contributed by atoms with Gasteiger partial charge in [-0.25, -0.2) is 0 Å². The van der Waals surface area contributed by atoms with Crippen LogP contribution in [0, 0.1) is 12.3 Å². The number of fused-ring (bicyclic) bond motifs is 1. The lowest BCUT2D eigenvalue weighted by atomic mass is 10.1. The minimum atomic E-state index is -0.0127. The van der Waals surface area contributed by atoms with E-state index in [2.05, 4.69) is 41.6 Å². The van der Waals surface area contributed by atoms with Crippen molar-refractivity contribution in [3.8, 4) is 12.3 Å². The van der Waals surface area contributed by atoms with Gasteiger partial charge >= 0.3 is 0 Å². The Morgan fingerprint density at radius 3 is 2.75 bits per heavy atom. The summed E-state index contributed by atoms with van der Waals surface area (Å²) in [6, 6.07) is 14.7. The number of rotatable bonds is 5. The van der Waals surface area contributed by atoms with Crippen molar-refractivity contribution in [3.63, 3.8) is 0 Å². The maximum atomic E-state index is 11.6. The highest BCUT2D eigenvalue weighted by atomic mass is 16.1. The highest BCUT2D eigenvalue weighted by molar-refractivity contribution is 5.83. The molecular weight excluding hydrogens is 248 g/mol. The predicted molar refractivity (Wildman–Crippen MR) is 81.2 cm³/mol. The van der Waals surface area contributed by atoms with Crippen LogP contribution in [0.2, 0.25) is 0 Å². The Kier molecular flexibility index (Phi) is 4.75. The quantitative estimate of drug-likeness (QED) is 0.765. The van der Waals surface area contributed by atoms with E-state index in [9.17, 15) is 4.79 Å². The lowest BCUT2D eigenvalue weighted by Gasteiger charge is -2.13. The molecular formula is C17H19N2O+. The Morgan fingerprint density at radius 2 is 2.00 bits per heavy atom. The van der Waals surface area contributed by atoms with E-state index >= 15 is 0 Å². The Bertz CT molecular complexity index is 643. The van der Waals surface area contributed by atoms with Crippen molar-refractivity contribution in [3.05, 3.63) is 48.0 Å². The molecule has 0 aliphatic carbocycles. The van der Waals surface area contributed by atoms with Gasteiger partial charge in [0.05, 0.1) is 13.6 Å². The normalized spacial score (nSPS) is 11.8. The van der Waals surface area contributed by atoms with Crippen molar-refractivity contribution in [1.82, 2.24) is 5.32 Å². The number of hydrogen-bond acceptors (Lipinski definition) is 1. The Morgan fingerprint density at radius 1 is 1.25 bits per heavy atom. The summed E-state index contributed by atoms with van der Waals surface area (Å²) >= 11 is 0. The van der Waals surface area contributed by atoms with Crippen LogP contribution in [0.1, 0.15) is 5.56 Å². The summed E-state index contributed by atoms with van der Waals surface area (Å²) in [6.45, 7) is 1.53. The molecule has 3 nitrogen and oxygen atoms in total. The van der Waals surface area contributed by atoms with Gasteiger partial charge in [-0.1, -0.05) is 42.3 Å². The van der Waals surface area contributed by atoms with E-state index in [1.165, 1.54) is 16.3 Å². The molecule has 0 spiro atoms. The Labute approximate surface area is 119 Å². The van der Waals surface area contributed by atoms with Crippen LogP contribution in [0.5, 0.6) is 0 Å². The molecule has 0 bridgehead atoms. The fourth-order valence-electron chi connectivity index (χ4n) is 2.25. The minimum Gasteiger partial charge on any atom is -0.340 e. The van der Waals surface area contributed by atoms with E-state index in [0.29, 0.717) is 13.1 Å². The second kappa shape index (κ2) is 6.74. The first-order valence-electron chi connectivity index (χ1n) is 6.68. The third kappa shape index (κ3) is 3.84. The molecule has 0 aromatic heterocycles. The number of likely N-dealkylation sites (N-methyl/N-ethyl adjacent to an activating group) is 1. The molecule has 2 N–H and O–H groups in total. The zero-order chi connectivity index (χ0) is 14.4. The van der Waals surface area contributed by atoms with Gasteiger partial charge in [-0.05, 0) is 16.8 Å². The molecule has 1 unspecified atom stereocenters. The fraction of sp³-hybridized carbons (Fsp3) is 0.235. The molecule has 0 radical (unpaired) electrons. The third-order valence-corrected chi connectivity index (χ3v) is 3.17. The number of carbonyl (C=O) groups excluding carboxylic acids is 1. The monoisotopic (exact) mass is 267 g/mol. The molecule has 20 heavy (non-hydrogen) atoms. The fourth-order valence-corrected chi connectivity index (χ4v) is 2.25. The smallest absolute Gasteiger partial charge is 0.275 e. The van der Waals surface area contributed by atoms with E-state index < -0.39 is 0 Å². The number of nitrogens with one attached hydrogen (secondary N) is 2. The molecule has 0 aliphatic heterocycles. The summed E-state index contributed by atoms with van der Waals surface area (Å²) in [4.78, 5) is 12.7. The zero-order valence-electron chi connectivity index (χ0n) is 11.6. The van der Waals surface area contributed by atoms with Crippen LogP contribution in [-0.2, 0) is 11.3 Å². The van der Waals surface area contributed by atoms with Gasteiger partial charge in [0, 0.05) is 5.56 Å². The van der Waals surface area contributed by atoms with Crippen LogP contribution in [0.3, 0.4) is 0 Å². The van der Waals surface area contributed by atoms with Gasteiger partial charge in [-0.15, -0.1) is 6.42 Å². The van der Waals surface area contributed by atoms with Gasteiger partial charge in [0.1, 0.15) is 6.54 Å². The van der Waals surface area contributed by atoms with Crippen molar-refractivity contribution in [2.45, 2.75) is 6.54 Å². The summed E-state index contributed by atoms with van der Waals surface area (Å²) in [6.07, 6.45) is 5.11. The molecule has 0 aliphatic rings. The molecule has 0 saturated carbocycles. The maximum absolute atomic E-state index is 11.6. The first-order chi connectivity index (χ1) is 9.69. The van der Waals surface area contributed by atoms with Gasteiger partial charge in [-0.2, -0.15) is 0 Å². The summed E-state index contributed by atoms with van der Waals surface area (Å²) in [7, 11) is 2.00. The summed E-state index contributed by atoms with van der Waals surface area (Å²) in [5.74, 6) is 2.39. The van der Waals surface area contributed by atoms with Crippen LogP contribution < -0.4 is 10.2 Å². The molecule has 2 aromatic carbocycles. The summed E-state index contributed by atoms with van der Waals surface area (Å²) in [5, 5.41) is 5.15. The molecule has 1 atom stereocenters. The molecule has 0 saturated heterocycles. The van der Waals surface area contributed by atoms with Crippen LogP contribution >= 0.6 is 0 Å². The van der Waals surface area contributed by atoms with Gasteiger partial charge in [0.2, 0.25) is 0 Å². The SMILES string of the molecule is C#CCNC(=O)C[NH+](C)Cc1ccc2ccccc2c1. The number of quaternary nitrogens is 1. The predicted octanol–water partition coefficient (Wildman–Crippen LogP) is 0.604. The molecule has 2 rings (SSSR count). The lowest BCUT2D eigenvalue weighted by molar-refractivity contribution is -0.885. The molecule has 2 aromatic rings. The third-order valence-electron chi connectivity index (χ3n) is 3.17. The van der Waals surface area contributed by atoms with Crippen LogP contribution in [0.25, 0.3) is 10.8 Å². The van der Waals surface area contributed by atoms with E-state index in [4.69, 9.17) is 6.42 Å². The molecule has 0 heterocycles. The first kappa shape index (κ1) is 14.1. The standard InChI is InChI=1S/C17H18N2O/c1-3-10-18-17(20)13-19(2)12-14-8-9-15-6-4-5-7-16(15)11-14/h1,4-9,11H,10,12-13H2,2H3,(H,18,20)/p+1. The van der Waals surface area contributed by atoms with Crippen molar-refractivity contribution >= 4 is 16.7 Å². The van der Waals surface area contributed by atoms with Crippen LogP contribution in [-0.4, -0.2) is 26.0 Å². The summed E-state index contributed by atoms with van der Waals surface area (Å²) in [5.41, 5.74) is 1.23. The first-order valence-corrected chi connectivity index (χ1v) is 6.68. The highest BCUT2D eigenvalue weighted by Gasteiger charge is 2.09. The molecule has 0 fully saturated rings. The molecule has 3 heteroatoms. The number of amides is 1. The van der Waals surface area contributed by atoms with Crippen molar-refractivity contribution in [2.24, 2.45) is 0 Å². The van der Waals surface area contributed by atoms with E-state index in [1.807, 2.05) is 19.2 Å². The van der Waals surface area contributed by atoms with Crippen molar-refractivity contribution in [1.29, 1.82) is 0 Å². The molecule has 102 valence electrons. The summed E-state index contributed by atoms with van der Waals surface area (Å²) < 4.78 is 0. The Hall–Kier alpha value is -2.31. The van der Waals surface area contributed by atoms with Gasteiger partial charge < -0.3 is 10.2 Å². The van der Waals surface area contributed by atoms with Gasteiger partial charge in [0.25, 0.3) is 5.91 Å². The average Bonchev–Trinajstić information content (AvgIpc) is 2.44. The van der Waals surface area contributed by atoms with Gasteiger partial charge in [-0.3, -0.25) is 4.79 Å². The van der Waals surface area contributed by atoms with E-state index in [1.54, 1.807) is 0 Å². The second-order valence-corrected chi connectivity index (χ2v) is 4.97. The highest BCUT2D eigenvalue weighted by Crippen LogP contribution is 2.14. The minimum absolute atomic E-state index is 0.0127. The number of terminal acetylenes is 1. The number of hydrogen-bond donors (Lipinski definition) is 2. The van der Waals surface area contributed by atoms with E-state index in [-0.39, 0.29) is 5.91 Å². The lowest BCUT2D eigenvalue weighted by Crippen LogP contribution is -3.08. The van der Waals surface area contributed by atoms with E-state index in [0.717, 1.165) is 11.4 Å². The van der Waals surface area contributed by atoms with Crippen LogP contribution in [0.15, 0.2) is 42.5 Å². The maximum Gasteiger partial charge on any atom is 0.275 e. The van der Waals surface area contributed by atoms with Crippen molar-refractivity contribution in [2.75, 3.05) is 20.1 Å². The number of benzene rings is 2. The van der Waals surface area contributed by atoms with Crippen molar-refractivity contribution < 1.29 is 9.69 Å². The largest absolute Gasteiger partial charge is 0.340 e. The second-order valence-electron chi connectivity index (χ2n) is 4.97.